The predicted octanol–water partition coefficient (Wildman–Crippen LogP) is 2.82. The molecule has 1 saturated heterocycles. The number of hydrazine groups is 1. The summed E-state index contributed by atoms with van der Waals surface area (Å²) in [4.78, 5) is 8.23. The summed E-state index contributed by atoms with van der Waals surface area (Å²) in [7, 11) is 1.96. The maximum Gasteiger partial charge on any atom is 0.213 e. The van der Waals surface area contributed by atoms with E-state index in [-0.39, 0.29) is 18.1 Å². The molecular formula is C19H21F2N5. The molecule has 0 radical (unpaired) electrons. The number of nitrogens with zero attached hydrogens (tertiary/aromatic N) is 3. The Morgan fingerprint density at radius 2 is 2.00 bits per heavy atom. The maximum absolute atomic E-state index is 13.6. The summed E-state index contributed by atoms with van der Waals surface area (Å²) in [6.45, 7) is 0.909. The average molecular weight is 357 g/mol. The molecule has 2 atom stereocenters. The van der Waals surface area contributed by atoms with Crippen LogP contribution in [-0.2, 0) is 0 Å². The van der Waals surface area contributed by atoms with E-state index in [0.29, 0.717) is 11.4 Å². The molecule has 1 fully saturated rings. The predicted molar refractivity (Wildman–Crippen MR) is 95.1 cm³/mol. The van der Waals surface area contributed by atoms with Gasteiger partial charge >= 0.3 is 0 Å². The Balaban J connectivity index is 1.55. The molecule has 26 heavy (non-hydrogen) atoms. The molecular weight excluding hydrogens is 336 g/mol. The van der Waals surface area contributed by atoms with Gasteiger partial charge in [-0.2, -0.15) is 4.39 Å². The lowest BCUT2D eigenvalue weighted by Crippen LogP contribution is -2.60. The highest BCUT2D eigenvalue weighted by Crippen LogP contribution is 2.34. The lowest BCUT2D eigenvalue weighted by atomic mass is 10.0. The zero-order chi connectivity index (χ0) is 18.1. The number of nitrogens with one attached hydrogen (secondary N) is 2. The fourth-order valence-corrected chi connectivity index (χ4v) is 3.71. The Morgan fingerprint density at radius 1 is 1.15 bits per heavy atom. The number of benzene rings is 1. The van der Waals surface area contributed by atoms with Crippen LogP contribution in [0.4, 0.5) is 8.78 Å². The fraction of sp³-hybridized carbons (Fsp3) is 0.316. The normalized spacial score (nSPS) is 23.7. The Morgan fingerprint density at radius 3 is 2.77 bits per heavy atom. The van der Waals surface area contributed by atoms with Crippen LogP contribution >= 0.6 is 0 Å². The van der Waals surface area contributed by atoms with Gasteiger partial charge in [0.15, 0.2) is 6.29 Å². The highest BCUT2D eigenvalue weighted by atomic mass is 19.1. The van der Waals surface area contributed by atoms with E-state index in [1.807, 2.05) is 24.2 Å². The minimum absolute atomic E-state index is 0.0944. The molecule has 2 aliphatic heterocycles. The molecule has 4 rings (SSSR count). The highest BCUT2D eigenvalue weighted by Gasteiger charge is 2.35. The van der Waals surface area contributed by atoms with Gasteiger partial charge in [-0.3, -0.25) is 4.90 Å². The zero-order valence-electron chi connectivity index (χ0n) is 14.5. The Labute approximate surface area is 151 Å². The van der Waals surface area contributed by atoms with Gasteiger partial charge in [-0.05, 0) is 42.7 Å². The van der Waals surface area contributed by atoms with Crippen molar-refractivity contribution in [1.82, 2.24) is 25.6 Å². The van der Waals surface area contributed by atoms with E-state index in [1.54, 1.807) is 24.3 Å². The Bertz CT molecular complexity index is 825. The van der Waals surface area contributed by atoms with Crippen molar-refractivity contribution in [3.63, 3.8) is 0 Å². The molecule has 1 unspecified atom stereocenters. The molecule has 2 aromatic rings. The topological polar surface area (TPSA) is 43.4 Å². The SMILES string of the molecule is CN1C=C(c2cccc(F)n2)NNC1N1CCC[C@@H]1c1cccc(F)c1. The van der Waals surface area contributed by atoms with E-state index < -0.39 is 5.95 Å². The van der Waals surface area contributed by atoms with Crippen molar-refractivity contribution in [2.45, 2.75) is 25.2 Å². The van der Waals surface area contributed by atoms with Crippen LogP contribution in [0.5, 0.6) is 0 Å². The third kappa shape index (κ3) is 3.27. The third-order valence-corrected chi connectivity index (χ3v) is 4.89. The first-order valence-corrected chi connectivity index (χ1v) is 8.71. The van der Waals surface area contributed by atoms with Crippen LogP contribution in [0.25, 0.3) is 5.70 Å². The van der Waals surface area contributed by atoms with Crippen molar-refractivity contribution in [3.8, 4) is 0 Å². The van der Waals surface area contributed by atoms with Crippen molar-refractivity contribution in [2.24, 2.45) is 0 Å². The number of rotatable bonds is 3. The van der Waals surface area contributed by atoms with Crippen molar-refractivity contribution >= 4 is 5.70 Å². The molecule has 2 N–H and O–H groups in total. The summed E-state index contributed by atoms with van der Waals surface area (Å²) >= 11 is 0. The van der Waals surface area contributed by atoms with Gasteiger partial charge in [-0.15, -0.1) is 0 Å². The third-order valence-electron chi connectivity index (χ3n) is 4.89. The quantitative estimate of drug-likeness (QED) is 0.827. The van der Waals surface area contributed by atoms with Crippen LogP contribution in [-0.4, -0.2) is 34.7 Å². The van der Waals surface area contributed by atoms with Crippen LogP contribution in [0.3, 0.4) is 0 Å². The van der Waals surface area contributed by atoms with E-state index in [4.69, 9.17) is 0 Å². The smallest absolute Gasteiger partial charge is 0.213 e. The Kier molecular flexibility index (Phi) is 4.57. The molecule has 0 saturated carbocycles. The average Bonchev–Trinajstić information content (AvgIpc) is 3.11. The van der Waals surface area contributed by atoms with Gasteiger partial charge < -0.3 is 10.3 Å². The lowest BCUT2D eigenvalue weighted by Gasteiger charge is -2.42. The minimum Gasteiger partial charge on any atom is -0.349 e. The van der Waals surface area contributed by atoms with E-state index >= 15 is 0 Å². The molecule has 0 amide bonds. The van der Waals surface area contributed by atoms with Crippen LogP contribution in [0.1, 0.15) is 30.1 Å². The molecule has 3 heterocycles. The van der Waals surface area contributed by atoms with Crippen molar-refractivity contribution in [1.29, 1.82) is 0 Å². The van der Waals surface area contributed by atoms with Gasteiger partial charge in [0, 0.05) is 25.8 Å². The van der Waals surface area contributed by atoms with Crippen LogP contribution in [0.15, 0.2) is 48.7 Å². The first-order valence-electron chi connectivity index (χ1n) is 8.71. The van der Waals surface area contributed by atoms with Crippen molar-refractivity contribution in [3.05, 3.63) is 71.7 Å². The first-order chi connectivity index (χ1) is 12.6. The zero-order valence-corrected chi connectivity index (χ0v) is 14.5. The molecule has 1 aromatic heterocycles. The molecule has 5 nitrogen and oxygen atoms in total. The number of hydrogen-bond donors (Lipinski definition) is 2. The van der Waals surface area contributed by atoms with E-state index in [0.717, 1.165) is 24.9 Å². The van der Waals surface area contributed by atoms with Crippen molar-refractivity contribution < 1.29 is 8.78 Å². The first kappa shape index (κ1) is 16.9. The van der Waals surface area contributed by atoms with Gasteiger partial charge in [-0.1, -0.05) is 18.2 Å². The molecule has 2 aliphatic rings. The Hall–Kier alpha value is -2.51. The van der Waals surface area contributed by atoms with Gasteiger partial charge in [0.05, 0.1) is 11.4 Å². The van der Waals surface area contributed by atoms with Crippen LogP contribution in [0, 0.1) is 11.8 Å². The number of pyridine rings is 1. The van der Waals surface area contributed by atoms with Gasteiger partial charge in [0.2, 0.25) is 5.95 Å². The molecule has 0 spiro atoms. The van der Waals surface area contributed by atoms with E-state index in [2.05, 4.69) is 20.7 Å². The molecule has 1 aromatic carbocycles. The summed E-state index contributed by atoms with van der Waals surface area (Å²) in [5.74, 6) is -0.725. The second kappa shape index (κ2) is 7.01. The van der Waals surface area contributed by atoms with Gasteiger partial charge in [0.1, 0.15) is 5.82 Å². The second-order valence-electron chi connectivity index (χ2n) is 6.65. The number of likely N-dealkylation sites (tertiary alicyclic amines) is 1. The fourth-order valence-electron chi connectivity index (χ4n) is 3.71. The van der Waals surface area contributed by atoms with Crippen LogP contribution in [0.2, 0.25) is 0 Å². The van der Waals surface area contributed by atoms with E-state index in [9.17, 15) is 8.78 Å². The van der Waals surface area contributed by atoms with Crippen LogP contribution < -0.4 is 10.9 Å². The van der Waals surface area contributed by atoms with E-state index in [1.165, 1.54) is 12.1 Å². The summed E-state index contributed by atoms with van der Waals surface area (Å²) < 4.78 is 27.0. The largest absolute Gasteiger partial charge is 0.349 e. The van der Waals surface area contributed by atoms with Gasteiger partial charge in [-0.25, -0.2) is 14.8 Å². The second-order valence-corrected chi connectivity index (χ2v) is 6.65. The molecule has 0 bridgehead atoms. The summed E-state index contributed by atoms with van der Waals surface area (Å²) in [5.41, 5.74) is 8.62. The highest BCUT2D eigenvalue weighted by molar-refractivity contribution is 5.60. The number of aromatic nitrogens is 1. The lowest BCUT2D eigenvalue weighted by molar-refractivity contribution is 0.0390. The standard InChI is InChI=1S/C19H21F2N5/c1-25-12-16(15-7-3-9-18(21)22-15)23-24-19(25)26-10-4-8-17(26)13-5-2-6-14(20)11-13/h2-3,5-7,9,11-12,17,19,23-24H,4,8,10H2,1H3/t17-,19?/m1/s1. The molecule has 136 valence electrons. The molecule has 0 aliphatic carbocycles. The minimum atomic E-state index is -0.513. The molecule has 7 heteroatoms. The van der Waals surface area contributed by atoms with Gasteiger partial charge in [0.25, 0.3) is 0 Å². The van der Waals surface area contributed by atoms with Crippen molar-refractivity contribution in [2.75, 3.05) is 13.6 Å². The monoisotopic (exact) mass is 357 g/mol. The summed E-state index contributed by atoms with van der Waals surface area (Å²) in [5, 5.41) is 0. The summed E-state index contributed by atoms with van der Waals surface area (Å²) in [6.07, 6.45) is 3.85. The number of hydrogen-bond acceptors (Lipinski definition) is 5. The maximum atomic E-state index is 13.6. The number of halogens is 2. The summed E-state index contributed by atoms with van der Waals surface area (Å²) in [6, 6.07) is 11.7.